The highest BCUT2D eigenvalue weighted by Gasteiger charge is 2.20. The van der Waals surface area contributed by atoms with Crippen LogP contribution in [-0.4, -0.2) is 23.0 Å². The lowest BCUT2D eigenvalue weighted by Gasteiger charge is -2.12. The van der Waals surface area contributed by atoms with Gasteiger partial charge in [0.15, 0.2) is 11.2 Å². The van der Waals surface area contributed by atoms with Crippen LogP contribution in [0.4, 0.5) is 10.8 Å². The predicted octanol–water partition coefficient (Wildman–Crippen LogP) is 3.64. The number of hydrogen-bond donors (Lipinski definition) is 2. The van der Waals surface area contributed by atoms with Crippen molar-refractivity contribution in [1.29, 1.82) is 0 Å². The van der Waals surface area contributed by atoms with Gasteiger partial charge in [-0.1, -0.05) is 6.07 Å². The van der Waals surface area contributed by atoms with Gasteiger partial charge in [-0.05, 0) is 42.6 Å². The highest BCUT2D eigenvalue weighted by atomic mass is 32.1. The van der Waals surface area contributed by atoms with E-state index in [2.05, 4.69) is 10.3 Å². The maximum Gasteiger partial charge on any atom is 0.338 e. The number of thiophene rings is 1. The largest absolute Gasteiger partial charge is 0.449 e. The van der Waals surface area contributed by atoms with Crippen molar-refractivity contribution in [2.24, 2.45) is 0 Å². The summed E-state index contributed by atoms with van der Waals surface area (Å²) in [6.45, 7) is 1.51. The number of nitrogens with two attached hydrogens (primary N) is 1. The Morgan fingerprint density at radius 3 is 2.64 bits per heavy atom. The molecule has 0 bridgehead atoms. The molecule has 6 nitrogen and oxygen atoms in total. The molecule has 1 amide bonds. The van der Waals surface area contributed by atoms with Crippen LogP contribution in [0, 0.1) is 0 Å². The molecule has 0 aliphatic heterocycles. The first-order valence-electron chi connectivity index (χ1n) is 7.40. The molecule has 0 aliphatic rings. The van der Waals surface area contributed by atoms with Crippen LogP contribution in [0.2, 0.25) is 0 Å². The Morgan fingerprint density at radius 1 is 1.20 bits per heavy atom. The summed E-state index contributed by atoms with van der Waals surface area (Å²) in [4.78, 5) is 29.6. The molecule has 2 aromatic heterocycles. The summed E-state index contributed by atoms with van der Waals surface area (Å²) in [6, 6.07) is 10.2. The summed E-state index contributed by atoms with van der Waals surface area (Å²) in [5.74, 6) is -1.02. The minimum Gasteiger partial charge on any atom is -0.449 e. The Bertz CT molecular complexity index is 873. The highest BCUT2D eigenvalue weighted by Crippen LogP contribution is 2.28. The number of amides is 1. The molecule has 3 rings (SSSR count). The van der Waals surface area contributed by atoms with Crippen molar-refractivity contribution in [3.8, 4) is 10.6 Å². The number of carbonyl (C=O) groups excluding carboxylic acids is 2. The molecule has 25 heavy (non-hydrogen) atoms. The van der Waals surface area contributed by atoms with Crippen molar-refractivity contribution < 1.29 is 14.3 Å². The number of nitrogen functional groups attached to an aromatic ring is 1. The van der Waals surface area contributed by atoms with Gasteiger partial charge in [-0.3, -0.25) is 10.1 Å². The van der Waals surface area contributed by atoms with E-state index >= 15 is 0 Å². The summed E-state index contributed by atoms with van der Waals surface area (Å²) in [5.41, 5.74) is 7.27. The van der Waals surface area contributed by atoms with E-state index in [0.717, 1.165) is 10.6 Å². The van der Waals surface area contributed by atoms with E-state index < -0.39 is 18.0 Å². The number of nitrogens with zero attached hydrogens (tertiary/aromatic N) is 1. The van der Waals surface area contributed by atoms with E-state index in [1.54, 1.807) is 35.6 Å². The minimum absolute atomic E-state index is 0.336. The van der Waals surface area contributed by atoms with E-state index in [4.69, 9.17) is 10.5 Å². The molecule has 0 fully saturated rings. The lowest BCUT2D eigenvalue weighted by Crippen LogP contribution is -2.29. The maximum atomic E-state index is 12.2. The molecule has 1 atom stereocenters. The van der Waals surface area contributed by atoms with Crippen LogP contribution in [0.15, 0.2) is 47.2 Å². The van der Waals surface area contributed by atoms with Crippen LogP contribution in [-0.2, 0) is 9.53 Å². The van der Waals surface area contributed by atoms with Crippen LogP contribution in [0.1, 0.15) is 17.3 Å². The van der Waals surface area contributed by atoms with Crippen LogP contribution >= 0.6 is 22.7 Å². The van der Waals surface area contributed by atoms with Gasteiger partial charge in [0.25, 0.3) is 5.91 Å². The zero-order chi connectivity index (χ0) is 17.8. The van der Waals surface area contributed by atoms with Crippen LogP contribution in [0.5, 0.6) is 0 Å². The lowest BCUT2D eigenvalue weighted by molar-refractivity contribution is -0.123. The van der Waals surface area contributed by atoms with Crippen molar-refractivity contribution in [2.75, 3.05) is 11.1 Å². The molecule has 0 radical (unpaired) electrons. The van der Waals surface area contributed by atoms with Gasteiger partial charge in [0.2, 0.25) is 0 Å². The van der Waals surface area contributed by atoms with Crippen LogP contribution in [0.3, 0.4) is 0 Å². The van der Waals surface area contributed by atoms with Crippen LogP contribution in [0.25, 0.3) is 10.6 Å². The van der Waals surface area contributed by atoms with Gasteiger partial charge in [0, 0.05) is 11.1 Å². The lowest BCUT2D eigenvalue weighted by atomic mass is 10.2. The highest BCUT2D eigenvalue weighted by molar-refractivity contribution is 7.16. The fourth-order valence-electron chi connectivity index (χ4n) is 1.98. The Kier molecular flexibility index (Phi) is 5.11. The first kappa shape index (κ1) is 17.1. The van der Waals surface area contributed by atoms with E-state index in [9.17, 15) is 9.59 Å². The van der Waals surface area contributed by atoms with Gasteiger partial charge >= 0.3 is 5.97 Å². The molecule has 2 heterocycles. The van der Waals surface area contributed by atoms with Crippen molar-refractivity contribution >= 4 is 45.4 Å². The standard InChI is InChI=1S/C17H15N3O3S2/c1-10(23-16(22)11-4-6-12(18)7-5-11)15(21)20-17-19-13(9-25-17)14-3-2-8-24-14/h2-10H,18H2,1H3,(H,19,20,21). The number of ether oxygens (including phenoxy) is 1. The van der Waals surface area contributed by atoms with Crippen molar-refractivity contribution in [2.45, 2.75) is 13.0 Å². The first-order chi connectivity index (χ1) is 12.0. The fourth-order valence-corrected chi connectivity index (χ4v) is 3.45. The number of hydrogen-bond acceptors (Lipinski definition) is 7. The molecule has 8 heteroatoms. The summed E-state index contributed by atoms with van der Waals surface area (Å²) < 4.78 is 5.18. The summed E-state index contributed by atoms with van der Waals surface area (Å²) >= 11 is 2.89. The zero-order valence-corrected chi connectivity index (χ0v) is 14.9. The molecular formula is C17H15N3O3S2. The Morgan fingerprint density at radius 2 is 1.96 bits per heavy atom. The second-order valence-corrected chi connectivity index (χ2v) is 6.98. The number of anilines is 2. The molecule has 1 aromatic carbocycles. The van der Waals surface area contributed by atoms with E-state index in [-0.39, 0.29) is 0 Å². The molecule has 3 N–H and O–H groups in total. The predicted molar refractivity (Wildman–Crippen MR) is 99.8 cm³/mol. The third-order valence-electron chi connectivity index (χ3n) is 3.31. The third kappa shape index (κ3) is 4.23. The van der Waals surface area contributed by atoms with Gasteiger partial charge in [-0.15, -0.1) is 22.7 Å². The van der Waals surface area contributed by atoms with Crippen molar-refractivity contribution in [3.05, 3.63) is 52.7 Å². The van der Waals surface area contributed by atoms with E-state index in [1.165, 1.54) is 18.3 Å². The van der Waals surface area contributed by atoms with Crippen molar-refractivity contribution in [1.82, 2.24) is 4.98 Å². The maximum absolute atomic E-state index is 12.2. The molecule has 128 valence electrons. The van der Waals surface area contributed by atoms with Gasteiger partial charge in [0.1, 0.15) is 0 Å². The van der Waals surface area contributed by atoms with Gasteiger partial charge in [0.05, 0.1) is 16.1 Å². The molecular weight excluding hydrogens is 358 g/mol. The molecule has 1 unspecified atom stereocenters. The molecule has 0 saturated carbocycles. The fraction of sp³-hybridized carbons (Fsp3) is 0.118. The van der Waals surface area contributed by atoms with Gasteiger partial charge in [-0.2, -0.15) is 0 Å². The Balaban J connectivity index is 1.59. The van der Waals surface area contributed by atoms with Gasteiger partial charge < -0.3 is 10.5 Å². The smallest absolute Gasteiger partial charge is 0.338 e. The second-order valence-electron chi connectivity index (χ2n) is 5.17. The SMILES string of the molecule is CC(OC(=O)c1ccc(N)cc1)C(=O)Nc1nc(-c2cccs2)cs1. The average molecular weight is 373 g/mol. The second kappa shape index (κ2) is 7.45. The molecule has 0 aliphatic carbocycles. The zero-order valence-electron chi connectivity index (χ0n) is 13.3. The summed E-state index contributed by atoms with van der Waals surface area (Å²) in [5, 5.41) is 6.96. The van der Waals surface area contributed by atoms with E-state index in [0.29, 0.717) is 16.4 Å². The average Bonchev–Trinajstić information content (AvgIpc) is 3.26. The normalized spacial score (nSPS) is 11.7. The quantitative estimate of drug-likeness (QED) is 0.526. The topological polar surface area (TPSA) is 94.3 Å². The number of benzene rings is 1. The monoisotopic (exact) mass is 373 g/mol. The summed E-state index contributed by atoms with van der Waals surface area (Å²) in [7, 11) is 0. The third-order valence-corrected chi connectivity index (χ3v) is 4.96. The summed E-state index contributed by atoms with van der Waals surface area (Å²) in [6.07, 6.45) is -0.945. The number of aromatic nitrogens is 1. The van der Waals surface area contributed by atoms with E-state index in [1.807, 2.05) is 22.9 Å². The Labute approximate surface area is 152 Å². The molecule has 3 aromatic rings. The molecule has 0 saturated heterocycles. The van der Waals surface area contributed by atoms with Crippen LogP contribution < -0.4 is 11.1 Å². The number of esters is 1. The number of nitrogens with one attached hydrogen (secondary N) is 1. The number of rotatable bonds is 5. The first-order valence-corrected chi connectivity index (χ1v) is 9.15. The number of carbonyl (C=O) groups is 2. The Hall–Kier alpha value is -2.71. The van der Waals surface area contributed by atoms with Crippen molar-refractivity contribution in [3.63, 3.8) is 0 Å². The van der Waals surface area contributed by atoms with Gasteiger partial charge in [-0.25, -0.2) is 9.78 Å². The molecule has 0 spiro atoms. The number of thiazole rings is 1. The minimum atomic E-state index is -0.945.